The fourth-order valence-electron chi connectivity index (χ4n) is 3.82. The van der Waals surface area contributed by atoms with Crippen LogP contribution in [0, 0.1) is 0 Å². The lowest BCUT2D eigenvalue weighted by atomic mass is 10.3. The maximum atomic E-state index is 11.8. The third kappa shape index (κ3) is 18.4. The van der Waals surface area contributed by atoms with E-state index in [0.29, 0.717) is 58.5 Å². The molecule has 0 spiro atoms. The lowest BCUT2D eigenvalue weighted by Crippen LogP contribution is -2.18. The van der Waals surface area contributed by atoms with Gasteiger partial charge in [-0.1, -0.05) is 51.2 Å². The van der Waals surface area contributed by atoms with Gasteiger partial charge < -0.3 is 24.0 Å². The Balaban J connectivity index is 0.000000413. The van der Waals surface area contributed by atoms with Crippen molar-refractivity contribution in [2.24, 2.45) is 0 Å². The molecule has 0 aliphatic rings. The molecule has 3 aromatic rings. The molecule has 0 radical (unpaired) electrons. The van der Waals surface area contributed by atoms with Gasteiger partial charge in [0.1, 0.15) is 32.6 Å². The molecule has 0 unspecified atom stereocenters. The molecule has 0 atom stereocenters. The van der Waals surface area contributed by atoms with Crippen LogP contribution in [-0.2, 0) is 14.2 Å². The van der Waals surface area contributed by atoms with Gasteiger partial charge >= 0.3 is 17.9 Å². The predicted octanol–water partition coefficient (Wildman–Crippen LogP) is 8.10. The van der Waals surface area contributed by atoms with E-state index in [4.69, 9.17) is 14.2 Å². The van der Waals surface area contributed by atoms with E-state index in [1.807, 2.05) is 33.1 Å². The Bertz CT molecular complexity index is 1600. The molecule has 0 saturated heterocycles. The van der Waals surface area contributed by atoms with Crippen molar-refractivity contribution in [2.45, 2.75) is 94.5 Å². The molecule has 0 aliphatic heterocycles. The summed E-state index contributed by atoms with van der Waals surface area (Å²) in [4.78, 5) is 64.8. The van der Waals surface area contributed by atoms with Gasteiger partial charge in [-0.15, -0.1) is 23.5 Å². The van der Waals surface area contributed by atoms with Crippen molar-refractivity contribution in [3.63, 3.8) is 0 Å². The summed E-state index contributed by atoms with van der Waals surface area (Å²) in [6.45, 7) is 14.8. The van der Waals surface area contributed by atoms with Gasteiger partial charge in [0.2, 0.25) is 5.95 Å². The molecule has 0 N–H and O–H groups in total. The minimum Gasteiger partial charge on any atom is -0.462 e. The first kappa shape index (κ1) is 49.7. The fraction of sp³-hybridized carbons (Fsp3) is 0.595. The molecule has 3 heterocycles. The molecule has 0 amide bonds. The average molecular weight is 839 g/mol. The number of esters is 3. The minimum absolute atomic E-state index is 0.340. The van der Waals surface area contributed by atoms with Crippen LogP contribution in [0.3, 0.4) is 0 Å². The number of aromatic nitrogens is 6. The predicted molar refractivity (Wildman–Crippen MR) is 227 cm³/mol. The van der Waals surface area contributed by atoms with Crippen molar-refractivity contribution in [2.75, 3.05) is 80.8 Å². The van der Waals surface area contributed by atoms with Crippen LogP contribution < -0.4 is 9.80 Å². The molecular formula is C37H58N8O6S4. The van der Waals surface area contributed by atoms with E-state index in [9.17, 15) is 14.4 Å². The Hall–Kier alpha value is -3.35. The SMILES string of the molecule is CCCSc1nc(N(C)C)ncc1C(=O)OCC.CCCSc1ncc(C(=O)OCC)c(N(C)C)n1.CCCSc1ncc(C(=O)OCC)c(SCCC)n1. The Morgan fingerprint density at radius 3 is 1.31 bits per heavy atom. The summed E-state index contributed by atoms with van der Waals surface area (Å²) in [7, 11) is 7.43. The lowest BCUT2D eigenvalue weighted by Gasteiger charge is -2.15. The average Bonchev–Trinajstić information content (AvgIpc) is 3.18. The second-order valence-electron chi connectivity index (χ2n) is 11.5. The first-order chi connectivity index (χ1) is 26.4. The van der Waals surface area contributed by atoms with E-state index in [0.717, 1.165) is 58.9 Å². The molecule has 0 aliphatic carbocycles. The summed E-state index contributed by atoms with van der Waals surface area (Å²) < 4.78 is 15.0. The molecular weight excluding hydrogens is 781 g/mol. The molecule has 306 valence electrons. The van der Waals surface area contributed by atoms with Crippen molar-refractivity contribution < 1.29 is 28.6 Å². The molecule has 3 rings (SSSR count). The van der Waals surface area contributed by atoms with Gasteiger partial charge in [-0.25, -0.2) is 44.3 Å². The number of carbonyl (C=O) groups excluding carboxylic acids is 3. The van der Waals surface area contributed by atoms with Gasteiger partial charge in [-0.3, -0.25) is 0 Å². The second-order valence-corrected chi connectivity index (χ2v) is 15.8. The summed E-state index contributed by atoms with van der Waals surface area (Å²) in [6, 6.07) is 0. The molecule has 3 aromatic heterocycles. The van der Waals surface area contributed by atoms with E-state index < -0.39 is 0 Å². The van der Waals surface area contributed by atoms with E-state index >= 15 is 0 Å². The second kappa shape index (κ2) is 29.0. The monoisotopic (exact) mass is 838 g/mol. The van der Waals surface area contributed by atoms with Crippen LogP contribution in [-0.4, -0.2) is 119 Å². The number of hydrogen-bond donors (Lipinski definition) is 0. The number of rotatable bonds is 20. The van der Waals surface area contributed by atoms with Gasteiger partial charge in [0.05, 0.1) is 19.8 Å². The van der Waals surface area contributed by atoms with Crippen LogP contribution in [0.5, 0.6) is 0 Å². The van der Waals surface area contributed by atoms with Gasteiger partial charge in [0.15, 0.2) is 10.3 Å². The van der Waals surface area contributed by atoms with E-state index in [1.54, 1.807) is 91.3 Å². The lowest BCUT2D eigenvalue weighted by molar-refractivity contribution is 0.0511. The van der Waals surface area contributed by atoms with Crippen molar-refractivity contribution in [1.29, 1.82) is 0 Å². The summed E-state index contributed by atoms with van der Waals surface area (Å²) in [6.07, 6.45) is 8.86. The number of carbonyl (C=O) groups is 3. The number of anilines is 2. The smallest absolute Gasteiger partial charge is 0.343 e. The number of ether oxygens (including phenoxy) is 3. The summed E-state index contributed by atoms with van der Waals surface area (Å²) in [5.41, 5.74) is 1.32. The molecule has 0 fully saturated rings. The van der Waals surface area contributed by atoms with Gasteiger partial charge in [-0.2, -0.15) is 0 Å². The molecule has 14 nitrogen and oxygen atoms in total. The van der Waals surface area contributed by atoms with Crippen molar-refractivity contribution in [3.05, 3.63) is 35.3 Å². The maximum absolute atomic E-state index is 11.8. The standard InChI is InChI=1S/C13H20N2O2S2.2C12H19N3O2S/c1-4-7-18-11-10(12(16)17-6-3)9-14-13(15-11)19-8-5-2;1-5-7-18-10-9(11(16)17-6-2)8-13-12(14-10)15(3)4;1-5-7-18-12-13-8-9(11(16)17-6-2)10(14-12)15(3)4/h9H,4-8H2,1-3H3;2*8H,5-7H2,1-4H3. The highest BCUT2D eigenvalue weighted by atomic mass is 32.2. The van der Waals surface area contributed by atoms with Crippen LogP contribution in [0.2, 0.25) is 0 Å². The fourth-order valence-corrected chi connectivity index (χ4v) is 6.88. The third-order valence-electron chi connectivity index (χ3n) is 6.29. The Morgan fingerprint density at radius 1 is 0.509 bits per heavy atom. The van der Waals surface area contributed by atoms with Crippen LogP contribution in [0.1, 0.15) is 105 Å². The van der Waals surface area contributed by atoms with Gasteiger partial charge in [0.25, 0.3) is 0 Å². The highest BCUT2D eigenvalue weighted by Gasteiger charge is 2.19. The third-order valence-corrected chi connectivity index (χ3v) is 10.8. The minimum atomic E-state index is -0.381. The first-order valence-electron chi connectivity index (χ1n) is 18.4. The Labute approximate surface area is 344 Å². The molecule has 0 saturated carbocycles. The quantitative estimate of drug-likeness (QED) is 0.0352. The molecule has 55 heavy (non-hydrogen) atoms. The van der Waals surface area contributed by atoms with Crippen LogP contribution in [0.4, 0.5) is 11.8 Å². The van der Waals surface area contributed by atoms with Crippen molar-refractivity contribution in [1.82, 2.24) is 29.9 Å². The Kier molecular flexibility index (Phi) is 26.2. The molecule has 0 aromatic carbocycles. The van der Waals surface area contributed by atoms with E-state index in [2.05, 4.69) is 57.6 Å². The summed E-state index contributed by atoms with van der Waals surface area (Å²) >= 11 is 6.34. The van der Waals surface area contributed by atoms with Crippen molar-refractivity contribution >= 4 is 76.7 Å². The van der Waals surface area contributed by atoms with Gasteiger partial charge in [0, 0.05) is 58.3 Å². The first-order valence-corrected chi connectivity index (χ1v) is 22.3. The highest BCUT2D eigenvalue weighted by molar-refractivity contribution is 8.00. The van der Waals surface area contributed by atoms with Crippen LogP contribution in [0.15, 0.2) is 39.0 Å². The number of thioether (sulfide) groups is 4. The van der Waals surface area contributed by atoms with Crippen LogP contribution >= 0.6 is 47.0 Å². The Morgan fingerprint density at radius 2 is 0.891 bits per heavy atom. The summed E-state index contributed by atoms with van der Waals surface area (Å²) in [5.74, 6) is 3.91. The largest absolute Gasteiger partial charge is 0.462 e. The summed E-state index contributed by atoms with van der Waals surface area (Å²) in [5, 5.41) is 2.84. The zero-order valence-electron chi connectivity index (χ0n) is 34.2. The van der Waals surface area contributed by atoms with Crippen molar-refractivity contribution in [3.8, 4) is 0 Å². The molecule has 0 bridgehead atoms. The zero-order chi connectivity index (χ0) is 41.2. The number of hydrogen-bond acceptors (Lipinski definition) is 18. The van der Waals surface area contributed by atoms with Crippen LogP contribution in [0.25, 0.3) is 0 Å². The zero-order valence-corrected chi connectivity index (χ0v) is 37.4. The van der Waals surface area contributed by atoms with Gasteiger partial charge in [-0.05, 0) is 58.0 Å². The maximum Gasteiger partial charge on any atom is 0.343 e. The highest BCUT2D eigenvalue weighted by Crippen LogP contribution is 2.26. The van der Waals surface area contributed by atoms with E-state index in [-0.39, 0.29) is 17.9 Å². The number of nitrogens with zero attached hydrogens (tertiary/aromatic N) is 8. The topological polar surface area (TPSA) is 163 Å². The normalized spacial score (nSPS) is 10.3. The van der Waals surface area contributed by atoms with E-state index in [1.165, 1.54) is 0 Å². The molecule has 18 heteroatoms.